The molecule has 1 aromatic carbocycles. The maximum Gasteiger partial charge on any atom is 0.228 e. The fourth-order valence-corrected chi connectivity index (χ4v) is 4.55. The fourth-order valence-electron chi connectivity index (χ4n) is 3.05. The van der Waals surface area contributed by atoms with Crippen molar-refractivity contribution in [2.24, 2.45) is 5.92 Å². The molecule has 0 radical (unpaired) electrons. The third-order valence-corrected chi connectivity index (χ3v) is 6.46. The SMILES string of the molecule is O=C(Nc1[nH]nc2c1CN(S(=O)(=O)Cc1ccccc1)CC2)C1CC1. The fraction of sp³-hybridized carbons (Fsp3) is 0.412. The molecule has 0 saturated heterocycles. The Hall–Kier alpha value is -2.19. The molecular formula is C17H20N4O3S. The minimum absolute atomic E-state index is 0.0179. The summed E-state index contributed by atoms with van der Waals surface area (Å²) in [6.07, 6.45) is 2.37. The molecule has 1 amide bonds. The van der Waals surface area contributed by atoms with Crippen LogP contribution in [0.5, 0.6) is 0 Å². The van der Waals surface area contributed by atoms with E-state index in [4.69, 9.17) is 0 Å². The molecule has 2 aromatic rings. The smallest absolute Gasteiger partial charge is 0.228 e. The molecule has 2 aliphatic rings. The Bertz CT molecular complexity index is 888. The molecule has 8 heteroatoms. The second-order valence-corrected chi connectivity index (χ2v) is 8.58. The van der Waals surface area contributed by atoms with Crippen molar-refractivity contribution in [1.29, 1.82) is 0 Å². The van der Waals surface area contributed by atoms with Crippen molar-refractivity contribution >= 4 is 21.7 Å². The number of H-pyrrole nitrogens is 1. The van der Waals surface area contributed by atoms with E-state index in [1.54, 1.807) is 0 Å². The van der Waals surface area contributed by atoms with Gasteiger partial charge in [0, 0.05) is 31.0 Å². The number of carbonyl (C=O) groups is 1. The van der Waals surface area contributed by atoms with Crippen LogP contribution in [-0.4, -0.2) is 35.4 Å². The lowest BCUT2D eigenvalue weighted by Gasteiger charge is -2.26. The van der Waals surface area contributed by atoms with Gasteiger partial charge in [0.05, 0.1) is 11.4 Å². The number of aromatic amines is 1. The van der Waals surface area contributed by atoms with Crippen LogP contribution in [0.3, 0.4) is 0 Å². The lowest BCUT2D eigenvalue weighted by Crippen LogP contribution is -2.36. The van der Waals surface area contributed by atoms with Gasteiger partial charge in [0.25, 0.3) is 0 Å². The maximum atomic E-state index is 12.7. The molecule has 132 valence electrons. The number of benzene rings is 1. The summed E-state index contributed by atoms with van der Waals surface area (Å²) in [5.41, 5.74) is 2.37. The Morgan fingerprint density at radius 1 is 1.28 bits per heavy atom. The first-order chi connectivity index (χ1) is 12.0. The normalized spacial score (nSPS) is 17.9. The van der Waals surface area contributed by atoms with Crippen LogP contribution in [0.4, 0.5) is 5.82 Å². The van der Waals surface area contributed by atoms with Crippen molar-refractivity contribution in [2.45, 2.75) is 31.6 Å². The maximum absolute atomic E-state index is 12.7. The van der Waals surface area contributed by atoms with Crippen LogP contribution in [0.1, 0.15) is 29.7 Å². The highest BCUT2D eigenvalue weighted by atomic mass is 32.2. The lowest BCUT2D eigenvalue weighted by molar-refractivity contribution is -0.117. The predicted molar refractivity (Wildman–Crippen MR) is 93.1 cm³/mol. The number of hydrogen-bond donors (Lipinski definition) is 2. The zero-order chi connectivity index (χ0) is 17.4. The third kappa shape index (κ3) is 3.45. The molecule has 1 aromatic heterocycles. The van der Waals surface area contributed by atoms with Gasteiger partial charge in [-0.3, -0.25) is 9.89 Å². The zero-order valence-corrected chi connectivity index (χ0v) is 14.6. The van der Waals surface area contributed by atoms with Crippen LogP contribution in [-0.2, 0) is 33.5 Å². The van der Waals surface area contributed by atoms with Crippen LogP contribution in [0, 0.1) is 5.92 Å². The Morgan fingerprint density at radius 3 is 2.76 bits per heavy atom. The summed E-state index contributed by atoms with van der Waals surface area (Å²) in [6, 6.07) is 9.16. The monoisotopic (exact) mass is 360 g/mol. The number of sulfonamides is 1. The summed E-state index contributed by atoms with van der Waals surface area (Å²) >= 11 is 0. The van der Waals surface area contributed by atoms with Gasteiger partial charge in [0.15, 0.2) is 0 Å². The van der Waals surface area contributed by atoms with Crippen LogP contribution in [0.25, 0.3) is 0 Å². The molecule has 2 N–H and O–H groups in total. The van der Waals surface area contributed by atoms with Gasteiger partial charge in [0.1, 0.15) is 5.82 Å². The van der Waals surface area contributed by atoms with E-state index in [1.165, 1.54) is 4.31 Å². The predicted octanol–water partition coefficient (Wildman–Crippen LogP) is 1.65. The van der Waals surface area contributed by atoms with Gasteiger partial charge in [-0.05, 0) is 18.4 Å². The molecule has 1 aliphatic carbocycles. The molecule has 2 heterocycles. The first kappa shape index (κ1) is 16.3. The number of nitrogens with zero attached hydrogens (tertiary/aromatic N) is 2. The Labute approximate surface area is 146 Å². The van der Waals surface area contributed by atoms with E-state index in [9.17, 15) is 13.2 Å². The van der Waals surface area contributed by atoms with Gasteiger partial charge in [-0.15, -0.1) is 0 Å². The molecule has 0 spiro atoms. The minimum atomic E-state index is -3.43. The van der Waals surface area contributed by atoms with Gasteiger partial charge in [-0.1, -0.05) is 30.3 Å². The van der Waals surface area contributed by atoms with Gasteiger partial charge in [-0.2, -0.15) is 9.40 Å². The molecule has 4 rings (SSSR count). The number of rotatable bonds is 5. The summed E-state index contributed by atoms with van der Waals surface area (Å²) in [5, 5.41) is 9.93. The van der Waals surface area contributed by atoms with Gasteiger partial charge in [-0.25, -0.2) is 8.42 Å². The molecule has 1 saturated carbocycles. The van der Waals surface area contributed by atoms with Crippen LogP contribution in [0.15, 0.2) is 30.3 Å². The largest absolute Gasteiger partial charge is 0.311 e. The van der Waals surface area contributed by atoms with Crippen molar-refractivity contribution in [3.05, 3.63) is 47.2 Å². The lowest BCUT2D eigenvalue weighted by atomic mass is 10.1. The highest BCUT2D eigenvalue weighted by Crippen LogP contribution is 2.32. The van der Waals surface area contributed by atoms with Gasteiger partial charge >= 0.3 is 0 Å². The van der Waals surface area contributed by atoms with Crippen molar-refractivity contribution in [3.63, 3.8) is 0 Å². The van der Waals surface area contributed by atoms with Crippen molar-refractivity contribution in [1.82, 2.24) is 14.5 Å². The Morgan fingerprint density at radius 2 is 2.04 bits per heavy atom. The number of hydrogen-bond acceptors (Lipinski definition) is 4. The number of nitrogens with one attached hydrogen (secondary N) is 2. The van der Waals surface area contributed by atoms with Crippen molar-refractivity contribution in [2.75, 3.05) is 11.9 Å². The van der Waals surface area contributed by atoms with Gasteiger partial charge in [0.2, 0.25) is 15.9 Å². The topological polar surface area (TPSA) is 95.2 Å². The van der Waals surface area contributed by atoms with E-state index in [1.807, 2.05) is 30.3 Å². The molecular weight excluding hydrogens is 340 g/mol. The van der Waals surface area contributed by atoms with Gasteiger partial charge < -0.3 is 5.32 Å². The van der Waals surface area contributed by atoms with E-state index in [0.717, 1.165) is 29.7 Å². The third-order valence-electron chi connectivity index (χ3n) is 4.67. The number of carbonyl (C=O) groups excluding carboxylic acids is 1. The Kier molecular flexibility index (Phi) is 4.09. The zero-order valence-electron chi connectivity index (χ0n) is 13.7. The number of aromatic nitrogens is 2. The Balaban J connectivity index is 1.51. The molecule has 1 aliphatic heterocycles. The first-order valence-corrected chi connectivity index (χ1v) is 10.0. The highest BCUT2D eigenvalue weighted by Gasteiger charge is 2.33. The quantitative estimate of drug-likeness (QED) is 0.847. The standard InChI is InChI=1S/C17H20N4O3S/c22-17(13-6-7-13)18-16-14-10-21(9-8-15(14)19-20-16)25(23,24)11-12-4-2-1-3-5-12/h1-5,13H,6-11H2,(H2,18,19,20,22). The number of amides is 1. The summed E-state index contributed by atoms with van der Waals surface area (Å²) in [7, 11) is -3.43. The van der Waals surface area contributed by atoms with Crippen LogP contribution >= 0.6 is 0 Å². The summed E-state index contributed by atoms with van der Waals surface area (Å²) in [4.78, 5) is 12.0. The van der Waals surface area contributed by atoms with Crippen LogP contribution in [0.2, 0.25) is 0 Å². The molecule has 1 fully saturated rings. The molecule has 7 nitrogen and oxygen atoms in total. The van der Waals surface area contributed by atoms with E-state index < -0.39 is 10.0 Å². The highest BCUT2D eigenvalue weighted by molar-refractivity contribution is 7.88. The van der Waals surface area contributed by atoms with Crippen molar-refractivity contribution < 1.29 is 13.2 Å². The van der Waals surface area contributed by atoms with Crippen molar-refractivity contribution in [3.8, 4) is 0 Å². The number of anilines is 1. The second kappa shape index (κ2) is 6.27. The van der Waals surface area contributed by atoms with E-state index in [2.05, 4.69) is 15.5 Å². The molecule has 25 heavy (non-hydrogen) atoms. The molecule has 0 unspecified atom stereocenters. The van der Waals surface area contributed by atoms with E-state index >= 15 is 0 Å². The van der Waals surface area contributed by atoms with E-state index in [0.29, 0.717) is 18.8 Å². The minimum Gasteiger partial charge on any atom is -0.311 e. The summed E-state index contributed by atoms with van der Waals surface area (Å²) in [6.45, 7) is 0.643. The average Bonchev–Trinajstić information content (AvgIpc) is 3.38. The summed E-state index contributed by atoms with van der Waals surface area (Å²) < 4.78 is 27.0. The molecule has 0 bridgehead atoms. The second-order valence-electron chi connectivity index (χ2n) is 6.61. The summed E-state index contributed by atoms with van der Waals surface area (Å²) in [5.74, 6) is 0.577. The first-order valence-electron chi connectivity index (χ1n) is 8.41. The average molecular weight is 360 g/mol. The van der Waals surface area contributed by atoms with Crippen LogP contribution < -0.4 is 5.32 Å². The number of fused-ring (bicyclic) bond motifs is 1. The molecule has 0 atom stereocenters. The van der Waals surface area contributed by atoms with E-state index in [-0.39, 0.29) is 24.1 Å².